The first-order valence-corrected chi connectivity index (χ1v) is 4.97. The van der Waals surface area contributed by atoms with Crippen molar-refractivity contribution in [3.63, 3.8) is 0 Å². The van der Waals surface area contributed by atoms with E-state index in [9.17, 15) is 0 Å². The maximum atomic E-state index is 4.97. The summed E-state index contributed by atoms with van der Waals surface area (Å²) in [6, 6.07) is 2.03. The van der Waals surface area contributed by atoms with Gasteiger partial charge in [-0.2, -0.15) is 0 Å². The second-order valence-electron chi connectivity index (χ2n) is 2.37. The minimum Gasteiger partial charge on any atom is -0.304 e. The van der Waals surface area contributed by atoms with E-state index in [0.717, 1.165) is 4.47 Å². The molecule has 0 spiro atoms. The summed E-state index contributed by atoms with van der Waals surface area (Å²) in [7, 11) is 0. The molecule has 4 heteroatoms. The van der Waals surface area contributed by atoms with Crippen molar-refractivity contribution >= 4 is 27.3 Å². The molecule has 1 unspecified atom stereocenters. The number of hydrogen-bond acceptors (Lipinski definition) is 3. The molecule has 1 rings (SSSR count). The first-order valence-electron chi connectivity index (χ1n) is 3.30. The molecule has 62 valence electrons. The molecule has 1 aromatic heterocycles. The fourth-order valence-corrected chi connectivity index (χ4v) is 2.69. The van der Waals surface area contributed by atoms with Crippen LogP contribution in [-0.2, 0) is 4.84 Å². The van der Waals surface area contributed by atoms with Gasteiger partial charge in [-0.1, -0.05) is 6.92 Å². The highest BCUT2D eigenvalue weighted by Gasteiger charge is 2.09. The molecule has 1 aromatic rings. The van der Waals surface area contributed by atoms with E-state index in [1.807, 2.05) is 11.4 Å². The first-order chi connectivity index (χ1) is 5.25. The molecule has 0 amide bonds. The molecule has 0 bridgehead atoms. The molecule has 0 aromatic carbocycles. The van der Waals surface area contributed by atoms with Gasteiger partial charge >= 0.3 is 0 Å². The van der Waals surface area contributed by atoms with E-state index < -0.39 is 0 Å². The Kier molecular flexibility index (Phi) is 3.51. The average molecular weight is 236 g/mol. The van der Waals surface area contributed by atoms with Gasteiger partial charge in [0.15, 0.2) is 0 Å². The summed E-state index contributed by atoms with van der Waals surface area (Å²) in [5, 5.41) is 2.05. The van der Waals surface area contributed by atoms with E-state index in [1.54, 1.807) is 11.3 Å². The molecule has 0 aliphatic carbocycles. The van der Waals surface area contributed by atoms with Crippen molar-refractivity contribution in [3.8, 4) is 0 Å². The molecule has 0 aliphatic heterocycles. The predicted molar refractivity (Wildman–Crippen MR) is 50.6 cm³/mol. The highest BCUT2D eigenvalue weighted by molar-refractivity contribution is 9.10. The van der Waals surface area contributed by atoms with Crippen molar-refractivity contribution in [2.24, 2.45) is 5.90 Å². The van der Waals surface area contributed by atoms with Gasteiger partial charge in [0.25, 0.3) is 0 Å². The van der Waals surface area contributed by atoms with Crippen LogP contribution in [0.15, 0.2) is 15.9 Å². The monoisotopic (exact) mass is 235 g/mol. The van der Waals surface area contributed by atoms with Crippen LogP contribution in [0.3, 0.4) is 0 Å². The van der Waals surface area contributed by atoms with Crippen molar-refractivity contribution in [3.05, 3.63) is 20.8 Å². The Balaban J connectivity index is 2.67. The first kappa shape index (κ1) is 9.19. The van der Waals surface area contributed by atoms with E-state index >= 15 is 0 Å². The maximum absolute atomic E-state index is 4.97. The molecule has 1 atom stereocenters. The second-order valence-corrected chi connectivity index (χ2v) is 4.17. The number of hydrogen-bond donors (Lipinski definition) is 1. The van der Waals surface area contributed by atoms with Crippen LogP contribution >= 0.6 is 27.3 Å². The van der Waals surface area contributed by atoms with Crippen molar-refractivity contribution < 1.29 is 4.84 Å². The summed E-state index contributed by atoms with van der Waals surface area (Å²) >= 11 is 5.17. The van der Waals surface area contributed by atoms with Gasteiger partial charge in [0, 0.05) is 15.3 Å². The van der Waals surface area contributed by atoms with Crippen LogP contribution in [-0.4, -0.2) is 6.61 Å². The summed E-state index contributed by atoms with van der Waals surface area (Å²) in [4.78, 5) is 5.86. The van der Waals surface area contributed by atoms with E-state index in [0.29, 0.717) is 12.5 Å². The largest absolute Gasteiger partial charge is 0.304 e. The number of thiophene rings is 1. The van der Waals surface area contributed by atoms with Gasteiger partial charge < -0.3 is 4.84 Å². The van der Waals surface area contributed by atoms with Crippen LogP contribution in [0.1, 0.15) is 17.7 Å². The van der Waals surface area contributed by atoms with E-state index in [-0.39, 0.29) is 0 Å². The Bertz CT molecular complexity index is 226. The van der Waals surface area contributed by atoms with Crippen LogP contribution < -0.4 is 5.90 Å². The number of rotatable bonds is 3. The lowest BCUT2D eigenvalue weighted by molar-refractivity contribution is 0.127. The average Bonchev–Trinajstić information content (AvgIpc) is 2.36. The minimum atomic E-state index is 0.370. The SMILES string of the molecule is CC(CON)c1sccc1Br. The maximum Gasteiger partial charge on any atom is 0.0753 e. The number of halogens is 1. The van der Waals surface area contributed by atoms with Crippen LogP contribution in [0.25, 0.3) is 0 Å². The third-order valence-corrected chi connectivity index (χ3v) is 3.54. The molecule has 2 nitrogen and oxygen atoms in total. The minimum absolute atomic E-state index is 0.370. The topological polar surface area (TPSA) is 35.2 Å². The lowest BCUT2D eigenvalue weighted by Crippen LogP contribution is -2.07. The Labute approximate surface area is 78.4 Å². The van der Waals surface area contributed by atoms with Gasteiger partial charge in [-0.15, -0.1) is 11.3 Å². The zero-order chi connectivity index (χ0) is 8.27. The third kappa shape index (κ3) is 2.27. The van der Waals surface area contributed by atoms with E-state index in [1.165, 1.54) is 4.88 Å². The fourth-order valence-electron chi connectivity index (χ4n) is 0.877. The van der Waals surface area contributed by atoms with Crippen LogP contribution in [0.2, 0.25) is 0 Å². The lowest BCUT2D eigenvalue weighted by atomic mass is 10.1. The molecular formula is C7H10BrNOS. The Hall–Kier alpha value is 0.100. The summed E-state index contributed by atoms with van der Waals surface area (Å²) in [6.45, 7) is 2.66. The van der Waals surface area contributed by atoms with Crippen molar-refractivity contribution in [2.75, 3.05) is 6.61 Å². The standard InChI is InChI=1S/C7H10BrNOS/c1-5(4-10-9)7-6(8)2-3-11-7/h2-3,5H,4,9H2,1H3. The molecule has 0 fully saturated rings. The lowest BCUT2D eigenvalue weighted by Gasteiger charge is -2.06. The smallest absolute Gasteiger partial charge is 0.0753 e. The predicted octanol–water partition coefficient (Wildman–Crippen LogP) is 2.50. The fraction of sp³-hybridized carbons (Fsp3) is 0.429. The van der Waals surface area contributed by atoms with Gasteiger partial charge in [0.1, 0.15) is 0 Å². The van der Waals surface area contributed by atoms with Gasteiger partial charge in [-0.25, -0.2) is 5.90 Å². The van der Waals surface area contributed by atoms with Gasteiger partial charge in [-0.3, -0.25) is 0 Å². The molecule has 1 heterocycles. The highest BCUT2D eigenvalue weighted by Crippen LogP contribution is 2.29. The Morgan fingerprint density at radius 2 is 2.55 bits per heavy atom. The van der Waals surface area contributed by atoms with Crippen molar-refractivity contribution in [1.29, 1.82) is 0 Å². The van der Waals surface area contributed by atoms with Crippen LogP contribution in [0.5, 0.6) is 0 Å². The summed E-state index contributed by atoms with van der Waals surface area (Å²) in [6.07, 6.45) is 0. The molecule has 0 saturated heterocycles. The Morgan fingerprint density at radius 3 is 3.00 bits per heavy atom. The molecule has 11 heavy (non-hydrogen) atoms. The molecule has 0 radical (unpaired) electrons. The normalized spacial score (nSPS) is 13.4. The quantitative estimate of drug-likeness (QED) is 0.818. The molecular weight excluding hydrogens is 226 g/mol. The molecule has 2 N–H and O–H groups in total. The summed E-state index contributed by atoms with van der Waals surface area (Å²) < 4.78 is 1.15. The van der Waals surface area contributed by atoms with Gasteiger partial charge in [0.05, 0.1) is 6.61 Å². The zero-order valence-corrected chi connectivity index (χ0v) is 8.61. The molecule has 0 saturated carbocycles. The summed E-state index contributed by atoms with van der Waals surface area (Å²) in [5.74, 6) is 5.34. The molecule has 0 aliphatic rings. The van der Waals surface area contributed by atoms with Crippen LogP contribution in [0.4, 0.5) is 0 Å². The van der Waals surface area contributed by atoms with Gasteiger partial charge in [0.2, 0.25) is 0 Å². The van der Waals surface area contributed by atoms with Crippen molar-refractivity contribution in [1.82, 2.24) is 0 Å². The van der Waals surface area contributed by atoms with Gasteiger partial charge in [-0.05, 0) is 27.4 Å². The zero-order valence-electron chi connectivity index (χ0n) is 6.21. The van der Waals surface area contributed by atoms with E-state index in [2.05, 4.69) is 27.7 Å². The summed E-state index contributed by atoms with van der Waals surface area (Å²) in [5.41, 5.74) is 0. The number of nitrogens with two attached hydrogens (primary N) is 1. The van der Waals surface area contributed by atoms with Crippen molar-refractivity contribution in [2.45, 2.75) is 12.8 Å². The third-order valence-electron chi connectivity index (χ3n) is 1.44. The van der Waals surface area contributed by atoms with E-state index in [4.69, 9.17) is 5.90 Å². The Morgan fingerprint density at radius 1 is 1.82 bits per heavy atom. The second kappa shape index (κ2) is 4.21. The van der Waals surface area contributed by atoms with Crippen LogP contribution in [0, 0.1) is 0 Å². The highest BCUT2D eigenvalue weighted by atomic mass is 79.9.